The van der Waals surface area contributed by atoms with E-state index in [1.807, 2.05) is 0 Å². The maximum Gasteiger partial charge on any atom is 0.0101 e. The highest BCUT2D eigenvalue weighted by atomic mass is 15.1. The van der Waals surface area contributed by atoms with E-state index in [4.69, 9.17) is 0 Å². The topological polar surface area (TPSA) is 15.3 Å². The van der Waals surface area contributed by atoms with E-state index in [0.29, 0.717) is 5.41 Å². The molecule has 0 saturated heterocycles. The first kappa shape index (κ1) is 13.9. The molecule has 86 valence electrons. The zero-order chi connectivity index (χ0) is 11.2. The summed E-state index contributed by atoms with van der Waals surface area (Å²) in [5.74, 6) is 0.786. The molecule has 0 bridgehead atoms. The number of hydrogen-bond acceptors (Lipinski definition) is 2. The van der Waals surface area contributed by atoms with Gasteiger partial charge in [-0.2, -0.15) is 0 Å². The smallest absolute Gasteiger partial charge is 0.0101 e. The Bertz CT molecular complexity index is 136. The number of nitrogens with zero attached hydrogens (tertiary/aromatic N) is 1. The molecule has 2 nitrogen and oxygen atoms in total. The minimum atomic E-state index is 0.448. The predicted molar refractivity (Wildman–Crippen MR) is 64.7 cm³/mol. The molecule has 1 N–H and O–H groups in total. The zero-order valence-electron chi connectivity index (χ0n) is 10.9. The molecule has 1 unspecified atom stereocenters. The lowest BCUT2D eigenvalue weighted by molar-refractivity contribution is 0.244. The Labute approximate surface area is 90.1 Å². The largest absolute Gasteiger partial charge is 0.315 e. The van der Waals surface area contributed by atoms with Gasteiger partial charge in [0.25, 0.3) is 0 Å². The van der Waals surface area contributed by atoms with Gasteiger partial charge in [0.05, 0.1) is 0 Å². The molecule has 0 radical (unpaired) electrons. The Morgan fingerprint density at radius 2 is 1.71 bits per heavy atom. The average molecular weight is 200 g/mol. The van der Waals surface area contributed by atoms with Crippen LogP contribution in [0.1, 0.15) is 34.1 Å². The Morgan fingerprint density at radius 1 is 1.14 bits per heavy atom. The standard InChI is InChI=1S/C12H28N2/c1-11(12(2,3)4)7-8-13-9-10-14(5)6/h11,13H,7-10H2,1-6H3. The Morgan fingerprint density at radius 3 is 2.14 bits per heavy atom. The first-order chi connectivity index (χ1) is 6.34. The van der Waals surface area contributed by atoms with E-state index in [1.165, 1.54) is 6.42 Å². The predicted octanol–water partition coefficient (Wildman–Crippen LogP) is 2.21. The first-order valence-corrected chi connectivity index (χ1v) is 5.69. The van der Waals surface area contributed by atoms with E-state index in [9.17, 15) is 0 Å². The van der Waals surface area contributed by atoms with Crippen LogP contribution in [0.25, 0.3) is 0 Å². The molecule has 0 rings (SSSR count). The fourth-order valence-electron chi connectivity index (χ4n) is 1.18. The van der Waals surface area contributed by atoms with E-state index in [0.717, 1.165) is 25.6 Å². The molecule has 0 heterocycles. The number of hydrogen-bond donors (Lipinski definition) is 1. The van der Waals surface area contributed by atoms with Crippen molar-refractivity contribution in [1.29, 1.82) is 0 Å². The molecule has 1 atom stereocenters. The lowest BCUT2D eigenvalue weighted by Crippen LogP contribution is -2.29. The van der Waals surface area contributed by atoms with Crippen LogP contribution in [-0.4, -0.2) is 38.6 Å². The van der Waals surface area contributed by atoms with Gasteiger partial charge in [0.1, 0.15) is 0 Å². The van der Waals surface area contributed by atoms with Crippen LogP contribution in [0.2, 0.25) is 0 Å². The fraction of sp³-hybridized carbons (Fsp3) is 1.00. The van der Waals surface area contributed by atoms with Gasteiger partial charge in [-0.1, -0.05) is 27.7 Å². The van der Waals surface area contributed by atoms with Gasteiger partial charge >= 0.3 is 0 Å². The van der Waals surface area contributed by atoms with Gasteiger partial charge in [0.2, 0.25) is 0 Å². The molecule has 0 aliphatic carbocycles. The molecule has 2 heteroatoms. The van der Waals surface area contributed by atoms with Crippen LogP contribution in [0.3, 0.4) is 0 Å². The molecular formula is C12H28N2. The van der Waals surface area contributed by atoms with Gasteiger partial charge in [0.15, 0.2) is 0 Å². The molecule has 0 saturated carbocycles. The van der Waals surface area contributed by atoms with Crippen molar-refractivity contribution in [3.05, 3.63) is 0 Å². The van der Waals surface area contributed by atoms with Gasteiger partial charge in [0, 0.05) is 13.1 Å². The van der Waals surface area contributed by atoms with Crippen LogP contribution in [0, 0.1) is 11.3 Å². The van der Waals surface area contributed by atoms with Crippen molar-refractivity contribution >= 4 is 0 Å². The van der Waals surface area contributed by atoms with Crippen LogP contribution >= 0.6 is 0 Å². The highest BCUT2D eigenvalue weighted by Gasteiger charge is 2.18. The molecule has 0 fully saturated rings. The summed E-state index contributed by atoms with van der Waals surface area (Å²) in [4.78, 5) is 2.21. The molecule has 0 aromatic rings. The first-order valence-electron chi connectivity index (χ1n) is 5.69. The summed E-state index contributed by atoms with van der Waals surface area (Å²) < 4.78 is 0. The third-order valence-corrected chi connectivity index (χ3v) is 2.97. The lowest BCUT2D eigenvalue weighted by Gasteiger charge is -2.27. The minimum Gasteiger partial charge on any atom is -0.315 e. The second-order valence-electron chi connectivity index (χ2n) is 5.61. The Balaban J connectivity index is 3.37. The zero-order valence-corrected chi connectivity index (χ0v) is 10.9. The van der Waals surface area contributed by atoms with Crippen LogP contribution in [0.5, 0.6) is 0 Å². The van der Waals surface area contributed by atoms with Gasteiger partial charge < -0.3 is 10.2 Å². The van der Waals surface area contributed by atoms with Crippen LogP contribution < -0.4 is 5.32 Å². The van der Waals surface area contributed by atoms with E-state index in [2.05, 4.69) is 52.0 Å². The average Bonchev–Trinajstić information content (AvgIpc) is 2.01. The van der Waals surface area contributed by atoms with Crippen LogP contribution in [0.15, 0.2) is 0 Å². The summed E-state index contributed by atoms with van der Waals surface area (Å²) in [5, 5.41) is 3.48. The van der Waals surface area contributed by atoms with E-state index < -0.39 is 0 Å². The van der Waals surface area contributed by atoms with Crippen molar-refractivity contribution in [2.24, 2.45) is 11.3 Å². The van der Waals surface area contributed by atoms with E-state index in [-0.39, 0.29) is 0 Å². The van der Waals surface area contributed by atoms with Crippen molar-refractivity contribution < 1.29 is 0 Å². The van der Waals surface area contributed by atoms with Gasteiger partial charge in [-0.15, -0.1) is 0 Å². The van der Waals surface area contributed by atoms with Crippen molar-refractivity contribution in [3.63, 3.8) is 0 Å². The summed E-state index contributed by atoms with van der Waals surface area (Å²) in [6.45, 7) is 12.7. The van der Waals surface area contributed by atoms with Gasteiger partial charge in [-0.25, -0.2) is 0 Å². The van der Waals surface area contributed by atoms with Gasteiger partial charge in [-0.05, 0) is 38.4 Å². The third-order valence-electron chi connectivity index (χ3n) is 2.97. The Kier molecular flexibility index (Phi) is 6.38. The molecule has 0 amide bonds. The highest BCUT2D eigenvalue weighted by molar-refractivity contribution is 4.70. The van der Waals surface area contributed by atoms with Crippen molar-refractivity contribution in [3.8, 4) is 0 Å². The van der Waals surface area contributed by atoms with Crippen LogP contribution in [-0.2, 0) is 0 Å². The second-order valence-corrected chi connectivity index (χ2v) is 5.61. The van der Waals surface area contributed by atoms with Crippen LogP contribution in [0.4, 0.5) is 0 Å². The molecule has 0 aromatic carbocycles. The molecule has 0 aromatic heterocycles. The summed E-state index contributed by atoms with van der Waals surface area (Å²) in [7, 11) is 4.22. The maximum absolute atomic E-state index is 3.48. The quantitative estimate of drug-likeness (QED) is 0.661. The monoisotopic (exact) mass is 200 g/mol. The number of nitrogens with one attached hydrogen (secondary N) is 1. The maximum atomic E-state index is 3.48. The highest BCUT2D eigenvalue weighted by Crippen LogP contribution is 2.27. The fourth-order valence-corrected chi connectivity index (χ4v) is 1.18. The SMILES string of the molecule is CC(CCNCCN(C)C)C(C)(C)C. The molecular weight excluding hydrogens is 172 g/mol. The minimum absolute atomic E-state index is 0.448. The number of rotatable bonds is 6. The molecule has 0 spiro atoms. The normalized spacial score (nSPS) is 14.8. The van der Waals surface area contributed by atoms with E-state index >= 15 is 0 Å². The number of likely N-dealkylation sites (N-methyl/N-ethyl adjacent to an activating group) is 1. The van der Waals surface area contributed by atoms with Crippen molar-refractivity contribution in [2.75, 3.05) is 33.7 Å². The lowest BCUT2D eigenvalue weighted by atomic mass is 9.80. The summed E-state index contributed by atoms with van der Waals surface area (Å²) in [5.41, 5.74) is 0.448. The summed E-state index contributed by atoms with van der Waals surface area (Å²) in [6, 6.07) is 0. The molecule has 0 aliphatic rings. The van der Waals surface area contributed by atoms with E-state index in [1.54, 1.807) is 0 Å². The van der Waals surface area contributed by atoms with Gasteiger partial charge in [-0.3, -0.25) is 0 Å². The third kappa shape index (κ3) is 7.34. The van der Waals surface area contributed by atoms with Crippen molar-refractivity contribution in [1.82, 2.24) is 10.2 Å². The molecule has 14 heavy (non-hydrogen) atoms. The molecule has 0 aliphatic heterocycles. The Hall–Kier alpha value is -0.0800. The second kappa shape index (κ2) is 6.41. The summed E-state index contributed by atoms with van der Waals surface area (Å²) in [6.07, 6.45) is 1.27. The van der Waals surface area contributed by atoms with Crippen molar-refractivity contribution in [2.45, 2.75) is 34.1 Å². The summed E-state index contributed by atoms with van der Waals surface area (Å²) >= 11 is 0.